The first-order valence-corrected chi connectivity index (χ1v) is 6.02. The summed E-state index contributed by atoms with van der Waals surface area (Å²) >= 11 is 0. The van der Waals surface area contributed by atoms with Gasteiger partial charge in [-0.15, -0.1) is 0 Å². The highest BCUT2D eigenvalue weighted by Crippen LogP contribution is 2.21. The second kappa shape index (κ2) is 5.71. The second-order valence-corrected chi connectivity index (χ2v) is 4.40. The van der Waals surface area contributed by atoms with Crippen molar-refractivity contribution in [3.05, 3.63) is 23.7 Å². The number of carboxylic acids is 1. The molecule has 2 N–H and O–H groups in total. The van der Waals surface area contributed by atoms with Crippen LogP contribution in [0, 0.1) is 6.92 Å². The standard InChI is InChI=1S/C13H19NO4/c1-4-13(5-2,8-11(15)16)14-12(17)10-6-7-18-9(10)3/h6-7H,4-5,8H2,1-3H3,(H,14,17)(H,15,16). The van der Waals surface area contributed by atoms with Gasteiger partial charge in [0.05, 0.1) is 23.8 Å². The third kappa shape index (κ3) is 3.12. The highest BCUT2D eigenvalue weighted by molar-refractivity contribution is 5.95. The smallest absolute Gasteiger partial charge is 0.305 e. The molecular formula is C13H19NO4. The van der Waals surface area contributed by atoms with Crippen molar-refractivity contribution in [2.45, 2.75) is 45.6 Å². The van der Waals surface area contributed by atoms with Crippen LogP contribution in [-0.4, -0.2) is 22.5 Å². The van der Waals surface area contributed by atoms with Crippen LogP contribution in [0.4, 0.5) is 0 Å². The summed E-state index contributed by atoms with van der Waals surface area (Å²) in [7, 11) is 0. The zero-order chi connectivity index (χ0) is 13.8. The summed E-state index contributed by atoms with van der Waals surface area (Å²) in [5.74, 6) is -0.668. The molecule has 0 atom stereocenters. The van der Waals surface area contributed by atoms with Gasteiger partial charge in [0.2, 0.25) is 0 Å². The molecule has 0 unspecified atom stereocenters. The van der Waals surface area contributed by atoms with E-state index in [0.29, 0.717) is 24.2 Å². The van der Waals surface area contributed by atoms with Gasteiger partial charge in [0, 0.05) is 0 Å². The summed E-state index contributed by atoms with van der Waals surface area (Å²) in [6.45, 7) is 5.44. The molecule has 0 spiro atoms. The minimum absolute atomic E-state index is 0.0807. The molecule has 0 aliphatic carbocycles. The zero-order valence-corrected chi connectivity index (χ0v) is 10.9. The number of hydrogen-bond donors (Lipinski definition) is 2. The van der Waals surface area contributed by atoms with Gasteiger partial charge in [-0.25, -0.2) is 0 Å². The molecule has 0 aliphatic heterocycles. The normalized spacial score (nSPS) is 11.3. The van der Waals surface area contributed by atoms with E-state index in [1.165, 1.54) is 6.26 Å². The fourth-order valence-corrected chi connectivity index (χ4v) is 1.94. The molecule has 0 aliphatic rings. The quantitative estimate of drug-likeness (QED) is 0.815. The number of nitrogens with one attached hydrogen (secondary N) is 1. The Bertz CT molecular complexity index is 432. The lowest BCUT2D eigenvalue weighted by molar-refractivity contribution is -0.138. The van der Waals surface area contributed by atoms with E-state index in [-0.39, 0.29) is 12.3 Å². The molecule has 1 amide bonds. The van der Waals surface area contributed by atoms with Gasteiger partial charge >= 0.3 is 5.97 Å². The first-order valence-electron chi connectivity index (χ1n) is 6.02. The number of carbonyl (C=O) groups is 2. The van der Waals surface area contributed by atoms with E-state index in [9.17, 15) is 9.59 Å². The summed E-state index contributed by atoms with van der Waals surface area (Å²) in [5, 5.41) is 11.8. The van der Waals surface area contributed by atoms with E-state index in [0.717, 1.165) is 0 Å². The maximum Gasteiger partial charge on any atom is 0.305 e. The van der Waals surface area contributed by atoms with E-state index in [2.05, 4.69) is 5.32 Å². The van der Waals surface area contributed by atoms with Crippen LogP contribution in [0.2, 0.25) is 0 Å². The molecule has 1 aromatic heterocycles. The molecule has 0 bridgehead atoms. The summed E-state index contributed by atoms with van der Waals surface area (Å²) < 4.78 is 5.07. The van der Waals surface area contributed by atoms with Crippen molar-refractivity contribution in [3.8, 4) is 0 Å². The van der Waals surface area contributed by atoms with Crippen molar-refractivity contribution < 1.29 is 19.1 Å². The fourth-order valence-electron chi connectivity index (χ4n) is 1.94. The van der Waals surface area contributed by atoms with Gasteiger partial charge in [-0.3, -0.25) is 9.59 Å². The van der Waals surface area contributed by atoms with Crippen molar-refractivity contribution in [1.29, 1.82) is 0 Å². The first-order chi connectivity index (χ1) is 8.44. The lowest BCUT2D eigenvalue weighted by Crippen LogP contribution is -2.49. The van der Waals surface area contributed by atoms with Gasteiger partial charge in [-0.05, 0) is 25.8 Å². The number of aryl methyl sites for hydroxylation is 1. The lowest BCUT2D eigenvalue weighted by Gasteiger charge is -2.31. The molecule has 18 heavy (non-hydrogen) atoms. The van der Waals surface area contributed by atoms with Crippen molar-refractivity contribution in [1.82, 2.24) is 5.32 Å². The predicted octanol–water partition coefficient (Wildman–Crippen LogP) is 2.35. The van der Waals surface area contributed by atoms with Crippen molar-refractivity contribution in [3.63, 3.8) is 0 Å². The Morgan fingerprint density at radius 1 is 1.39 bits per heavy atom. The second-order valence-electron chi connectivity index (χ2n) is 4.40. The summed E-state index contributed by atoms with van der Waals surface area (Å²) in [4.78, 5) is 23.0. The molecule has 100 valence electrons. The number of carbonyl (C=O) groups excluding carboxylic acids is 1. The zero-order valence-electron chi connectivity index (χ0n) is 10.9. The molecule has 0 fully saturated rings. The van der Waals surface area contributed by atoms with Gasteiger partial charge in [0.15, 0.2) is 0 Å². The van der Waals surface area contributed by atoms with Crippen LogP contribution >= 0.6 is 0 Å². The molecular weight excluding hydrogens is 234 g/mol. The predicted molar refractivity (Wildman–Crippen MR) is 66.5 cm³/mol. The molecule has 5 nitrogen and oxygen atoms in total. The lowest BCUT2D eigenvalue weighted by atomic mass is 9.88. The summed E-state index contributed by atoms with van der Waals surface area (Å²) in [5.41, 5.74) is -0.251. The van der Waals surface area contributed by atoms with E-state index >= 15 is 0 Å². The summed E-state index contributed by atoms with van der Waals surface area (Å²) in [6.07, 6.45) is 2.50. The average molecular weight is 253 g/mol. The Morgan fingerprint density at radius 2 is 2.00 bits per heavy atom. The number of amides is 1. The Morgan fingerprint density at radius 3 is 2.39 bits per heavy atom. The van der Waals surface area contributed by atoms with E-state index in [4.69, 9.17) is 9.52 Å². The van der Waals surface area contributed by atoms with Crippen LogP contribution in [0.15, 0.2) is 16.7 Å². The van der Waals surface area contributed by atoms with Crippen LogP contribution in [0.25, 0.3) is 0 Å². The third-order valence-corrected chi connectivity index (χ3v) is 3.33. The Balaban J connectivity index is 2.87. The molecule has 0 saturated carbocycles. The molecule has 1 heterocycles. The van der Waals surface area contributed by atoms with Gasteiger partial charge < -0.3 is 14.8 Å². The topological polar surface area (TPSA) is 79.5 Å². The maximum absolute atomic E-state index is 12.1. The molecule has 1 rings (SSSR count). The Hall–Kier alpha value is -1.78. The highest BCUT2D eigenvalue weighted by atomic mass is 16.4. The first kappa shape index (κ1) is 14.3. The van der Waals surface area contributed by atoms with Gasteiger partial charge in [-0.2, -0.15) is 0 Å². The van der Waals surface area contributed by atoms with E-state index in [1.54, 1.807) is 13.0 Å². The van der Waals surface area contributed by atoms with E-state index in [1.807, 2.05) is 13.8 Å². The molecule has 0 saturated heterocycles. The van der Waals surface area contributed by atoms with Gasteiger partial charge in [0.1, 0.15) is 5.76 Å². The number of aliphatic carboxylic acids is 1. The SMILES string of the molecule is CCC(CC)(CC(=O)O)NC(=O)c1ccoc1C. The van der Waals surface area contributed by atoms with Crippen molar-refractivity contribution in [2.24, 2.45) is 0 Å². The molecule has 5 heteroatoms. The van der Waals surface area contributed by atoms with E-state index < -0.39 is 11.5 Å². The average Bonchev–Trinajstić information content (AvgIpc) is 2.74. The van der Waals surface area contributed by atoms with Crippen LogP contribution in [0.5, 0.6) is 0 Å². The van der Waals surface area contributed by atoms with Gasteiger partial charge in [-0.1, -0.05) is 13.8 Å². The Labute approximate surface area is 106 Å². The number of carboxylic acid groups (broad SMARTS) is 1. The van der Waals surface area contributed by atoms with Crippen LogP contribution in [0.3, 0.4) is 0 Å². The highest BCUT2D eigenvalue weighted by Gasteiger charge is 2.31. The monoisotopic (exact) mass is 253 g/mol. The molecule has 1 aromatic rings. The van der Waals surface area contributed by atoms with Crippen LogP contribution < -0.4 is 5.32 Å². The third-order valence-electron chi connectivity index (χ3n) is 3.33. The van der Waals surface area contributed by atoms with Crippen molar-refractivity contribution in [2.75, 3.05) is 0 Å². The molecule has 0 aromatic carbocycles. The fraction of sp³-hybridized carbons (Fsp3) is 0.538. The minimum Gasteiger partial charge on any atom is -0.481 e. The van der Waals surface area contributed by atoms with Crippen molar-refractivity contribution >= 4 is 11.9 Å². The Kier molecular flexibility index (Phi) is 4.53. The molecule has 0 radical (unpaired) electrons. The van der Waals surface area contributed by atoms with Crippen LogP contribution in [0.1, 0.15) is 49.2 Å². The number of furan rings is 1. The number of rotatable bonds is 6. The van der Waals surface area contributed by atoms with Gasteiger partial charge in [0.25, 0.3) is 5.91 Å². The maximum atomic E-state index is 12.1. The largest absolute Gasteiger partial charge is 0.481 e. The van der Waals surface area contributed by atoms with Crippen LogP contribution in [-0.2, 0) is 4.79 Å². The number of hydrogen-bond acceptors (Lipinski definition) is 3. The summed E-state index contributed by atoms with van der Waals surface area (Å²) in [6, 6.07) is 1.58. The minimum atomic E-state index is -0.914.